The number of nitrogens with zero attached hydrogens (tertiary/aromatic N) is 2. The lowest BCUT2D eigenvalue weighted by Gasteiger charge is -2.00. The van der Waals surface area contributed by atoms with E-state index in [0.29, 0.717) is 0 Å². The average molecular weight is 277 g/mol. The van der Waals surface area contributed by atoms with Crippen molar-refractivity contribution in [3.8, 4) is 0 Å². The Morgan fingerprint density at radius 2 is 2.05 bits per heavy atom. The van der Waals surface area contributed by atoms with Crippen molar-refractivity contribution in [2.75, 3.05) is 6.54 Å². The third-order valence-electron chi connectivity index (χ3n) is 3.17. The van der Waals surface area contributed by atoms with Gasteiger partial charge < -0.3 is 5.32 Å². The SMILES string of the molecule is CCCNCc1cn(Cc2ccc(CC)s2)nc1C. The van der Waals surface area contributed by atoms with E-state index < -0.39 is 0 Å². The maximum atomic E-state index is 4.60. The molecule has 0 saturated carbocycles. The van der Waals surface area contributed by atoms with Crippen LogP contribution >= 0.6 is 11.3 Å². The topological polar surface area (TPSA) is 29.9 Å². The molecule has 104 valence electrons. The number of nitrogens with one attached hydrogen (secondary N) is 1. The molecule has 0 spiro atoms. The summed E-state index contributed by atoms with van der Waals surface area (Å²) in [6.45, 7) is 9.35. The van der Waals surface area contributed by atoms with Gasteiger partial charge in [-0.1, -0.05) is 13.8 Å². The van der Waals surface area contributed by atoms with E-state index >= 15 is 0 Å². The first-order valence-electron chi connectivity index (χ1n) is 7.04. The number of hydrogen-bond acceptors (Lipinski definition) is 3. The molecule has 0 amide bonds. The molecule has 0 unspecified atom stereocenters. The van der Waals surface area contributed by atoms with E-state index in [0.717, 1.165) is 31.7 Å². The predicted molar refractivity (Wildman–Crippen MR) is 81.8 cm³/mol. The monoisotopic (exact) mass is 277 g/mol. The molecule has 1 N–H and O–H groups in total. The van der Waals surface area contributed by atoms with Crippen LogP contribution in [-0.2, 0) is 19.5 Å². The molecule has 0 atom stereocenters. The highest BCUT2D eigenvalue weighted by atomic mass is 32.1. The Kier molecular flexibility index (Phi) is 5.16. The zero-order chi connectivity index (χ0) is 13.7. The molecule has 4 heteroatoms. The predicted octanol–water partition coefficient (Wildman–Crippen LogP) is 3.36. The third kappa shape index (κ3) is 3.91. The minimum Gasteiger partial charge on any atom is -0.313 e. The molecular formula is C15H23N3S. The van der Waals surface area contributed by atoms with Crippen molar-refractivity contribution >= 4 is 11.3 Å². The molecule has 0 aliphatic rings. The molecule has 0 bridgehead atoms. The van der Waals surface area contributed by atoms with Crippen LogP contribution in [0.2, 0.25) is 0 Å². The lowest BCUT2D eigenvalue weighted by atomic mass is 10.2. The summed E-state index contributed by atoms with van der Waals surface area (Å²) >= 11 is 1.89. The Bertz CT molecular complexity index is 513. The van der Waals surface area contributed by atoms with Crippen LogP contribution in [0.25, 0.3) is 0 Å². The zero-order valence-corrected chi connectivity index (χ0v) is 12.9. The zero-order valence-electron chi connectivity index (χ0n) is 12.1. The minimum atomic E-state index is 0.888. The second-order valence-corrected chi connectivity index (χ2v) is 6.09. The van der Waals surface area contributed by atoms with Gasteiger partial charge in [-0.05, 0) is 38.4 Å². The normalized spacial score (nSPS) is 11.1. The molecule has 19 heavy (non-hydrogen) atoms. The number of thiophene rings is 1. The lowest BCUT2D eigenvalue weighted by molar-refractivity contribution is 0.670. The number of rotatable bonds is 7. The Labute approximate surface area is 119 Å². The maximum Gasteiger partial charge on any atom is 0.0752 e. The molecule has 2 heterocycles. The summed E-state index contributed by atoms with van der Waals surface area (Å²) in [5, 5.41) is 8.03. The van der Waals surface area contributed by atoms with Crippen LogP contribution in [0.1, 0.15) is 41.3 Å². The van der Waals surface area contributed by atoms with Crippen LogP contribution in [0.3, 0.4) is 0 Å². The molecule has 0 radical (unpaired) electrons. The van der Waals surface area contributed by atoms with Crippen molar-refractivity contribution in [1.82, 2.24) is 15.1 Å². The van der Waals surface area contributed by atoms with E-state index in [4.69, 9.17) is 0 Å². The quantitative estimate of drug-likeness (QED) is 0.786. The standard InChI is InChI=1S/C15H23N3S/c1-4-8-16-9-13-10-18(17-12(13)3)11-15-7-6-14(5-2)19-15/h6-7,10,16H,4-5,8-9,11H2,1-3H3. The molecule has 2 aromatic heterocycles. The summed E-state index contributed by atoms with van der Waals surface area (Å²) in [5.41, 5.74) is 2.44. The van der Waals surface area contributed by atoms with E-state index in [9.17, 15) is 0 Å². The molecule has 0 aliphatic heterocycles. The fourth-order valence-electron chi connectivity index (χ4n) is 2.07. The minimum absolute atomic E-state index is 0.888. The molecule has 2 aromatic rings. The van der Waals surface area contributed by atoms with Crippen molar-refractivity contribution in [2.45, 2.75) is 46.7 Å². The van der Waals surface area contributed by atoms with Crippen molar-refractivity contribution < 1.29 is 0 Å². The van der Waals surface area contributed by atoms with Gasteiger partial charge in [-0.2, -0.15) is 5.10 Å². The van der Waals surface area contributed by atoms with E-state index in [2.05, 4.69) is 54.2 Å². The van der Waals surface area contributed by atoms with Crippen LogP contribution in [0.5, 0.6) is 0 Å². The van der Waals surface area contributed by atoms with Gasteiger partial charge in [0.2, 0.25) is 0 Å². The van der Waals surface area contributed by atoms with Gasteiger partial charge in [-0.15, -0.1) is 11.3 Å². The van der Waals surface area contributed by atoms with Crippen molar-refractivity contribution in [2.24, 2.45) is 0 Å². The van der Waals surface area contributed by atoms with Crippen molar-refractivity contribution in [3.05, 3.63) is 39.3 Å². The molecule has 0 fully saturated rings. The number of hydrogen-bond donors (Lipinski definition) is 1. The largest absolute Gasteiger partial charge is 0.313 e. The van der Waals surface area contributed by atoms with Crippen LogP contribution < -0.4 is 5.32 Å². The van der Waals surface area contributed by atoms with Crippen LogP contribution in [-0.4, -0.2) is 16.3 Å². The summed E-state index contributed by atoms with van der Waals surface area (Å²) in [6, 6.07) is 4.44. The lowest BCUT2D eigenvalue weighted by Crippen LogP contribution is -2.13. The Balaban J connectivity index is 1.99. The van der Waals surface area contributed by atoms with Gasteiger partial charge in [0, 0.05) is 28.1 Å². The van der Waals surface area contributed by atoms with Gasteiger partial charge in [0.1, 0.15) is 0 Å². The summed E-state index contributed by atoms with van der Waals surface area (Å²) in [6.07, 6.45) is 4.46. The Morgan fingerprint density at radius 3 is 2.74 bits per heavy atom. The molecular weight excluding hydrogens is 254 g/mol. The fraction of sp³-hybridized carbons (Fsp3) is 0.533. The maximum absolute atomic E-state index is 4.60. The number of aryl methyl sites for hydroxylation is 2. The van der Waals surface area contributed by atoms with Crippen LogP contribution in [0.4, 0.5) is 0 Å². The summed E-state index contributed by atoms with van der Waals surface area (Å²) in [4.78, 5) is 2.83. The smallest absolute Gasteiger partial charge is 0.0752 e. The second kappa shape index (κ2) is 6.87. The van der Waals surface area contributed by atoms with E-state index in [1.807, 2.05) is 11.3 Å². The first kappa shape index (κ1) is 14.3. The first-order valence-corrected chi connectivity index (χ1v) is 7.85. The van der Waals surface area contributed by atoms with Gasteiger partial charge in [0.05, 0.1) is 12.2 Å². The highest BCUT2D eigenvalue weighted by Gasteiger charge is 2.06. The first-order chi connectivity index (χ1) is 9.22. The van der Waals surface area contributed by atoms with Gasteiger partial charge in [-0.25, -0.2) is 0 Å². The second-order valence-electron chi connectivity index (χ2n) is 4.84. The van der Waals surface area contributed by atoms with E-state index in [1.54, 1.807) is 0 Å². The highest BCUT2D eigenvalue weighted by Crippen LogP contribution is 2.18. The van der Waals surface area contributed by atoms with Gasteiger partial charge >= 0.3 is 0 Å². The molecule has 0 aliphatic carbocycles. The summed E-state index contributed by atoms with van der Waals surface area (Å²) in [7, 11) is 0. The van der Waals surface area contributed by atoms with Gasteiger partial charge in [0.25, 0.3) is 0 Å². The third-order valence-corrected chi connectivity index (χ3v) is 4.39. The fourth-order valence-corrected chi connectivity index (χ4v) is 3.02. The van der Waals surface area contributed by atoms with E-state index in [1.165, 1.54) is 21.7 Å². The Hall–Kier alpha value is -1.13. The summed E-state index contributed by atoms with van der Waals surface area (Å²) in [5.74, 6) is 0. The molecule has 0 saturated heterocycles. The number of aromatic nitrogens is 2. The van der Waals surface area contributed by atoms with Gasteiger partial charge in [0.15, 0.2) is 0 Å². The molecule has 0 aromatic carbocycles. The average Bonchev–Trinajstić information content (AvgIpc) is 2.98. The van der Waals surface area contributed by atoms with Crippen molar-refractivity contribution in [3.63, 3.8) is 0 Å². The van der Waals surface area contributed by atoms with Crippen LogP contribution in [0, 0.1) is 6.92 Å². The van der Waals surface area contributed by atoms with Crippen LogP contribution in [0.15, 0.2) is 18.3 Å². The Morgan fingerprint density at radius 1 is 1.26 bits per heavy atom. The highest BCUT2D eigenvalue weighted by molar-refractivity contribution is 7.11. The molecule has 2 rings (SSSR count). The van der Waals surface area contributed by atoms with Gasteiger partial charge in [-0.3, -0.25) is 4.68 Å². The van der Waals surface area contributed by atoms with Crippen molar-refractivity contribution in [1.29, 1.82) is 0 Å². The summed E-state index contributed by atoms with van der Waals surface area (Å²) < 4.78 is 2.06. The van der Waals surface area contributed by atoms with E-state index in [-0.39, 0.29) is 0 Å². The molecule has 3 nitrogen and oxygen atoms in total.